The van der Waals surface area contributed by atoms with E-state index in [0.29, 0.717) is 17.0 Å². The summed E-state index contributed by atoms with van der Waals surface area (Å²) in [6, 6.07) is 4.54. The average molecular weight is 242 g/mol. The number of rotatable bonds is 3. The lowest BCUT2D eigenvalue weighted by molar-refractivity contribution is 0.329. The van der Waals surface area contributed by atoms with Gasteiger partial charge in [0.25, 0.3) is 0 Å². The van der Waals surface area contributed by atoms with E-state index in [1.165, 1.54) is 12.3 Å². The summed E-state index contributed by atoms with van der Waals surface area (Å²) in [6.45, 7) is 1.68. The Balaban J connectivity index is 2.17. The number of alkyl halides is 1. The Morgan fingerprint density at radius 2 is 2.31 bits per heavy atom. The molecular weight excluding hydrogens is 233 g/mol. The lowest BCUT2D eigenvalue weighted by Crippen LogP contribution is -1.88. The van der Waals surface area contributed by atoms with Crippen molar-refractivity contribution in [1.82, 2.24) is 4.98 Å². The van der Waals surface area contributed by atoms with Crippen LogP contribution in [0.1, 0.15) is 11.3 Å². The van der Waals surface area contributed by atoms with Gasteiger partial charge >= 0.3 is 6.08 Å². The summed E-state index contributed by atoms with van der Waals surface area (Å²) in [5.74, 6) is 0.252. The molecule has 0 saturated heterocycles. The van der Waals surface area contributed by atoms with Gasteiger partial charge in [0, 0.05) is 6.07 Å². The molecule has 2 aromatic rings. The Kier molecular flexibility index (Phi) is 3.10. The number of ether oxygens (including phenoxy) is 1. The summed E-state index contributed by atoms with van der Waals surface area (Å²) in [5, 5.41) is 0. The first-order valence-electron chi connectivity index (χ1n) is 4.63. The van der Waals surface area contributed by atoms with Crippen molar-refractivity contribution < 1.29 is 13.5 Å². The van der Waals surface area contributed by atoms with Crippen LogP contribution in [-0.2, 0) is 5.88 Å². The molecule has 0 aliphatic rings. The normalized spacial score (nSPS) is 10.4. The highest BCUT2D eigenvalue weighted by atomic mass is 35.5. The highest BCUT2D eigenvalue weighted by Gasteiger charge is 2.07. The topological polar surface area (TPSA) is 35.3 Å². The van der Waals surface area contributed by atoms with E-state index in [1.54, 1.807) is 19.1 Å². The minimum absolute atomic E-state index is 0.0545. The Morgan fingerprint density at radius 3 is 2.94 bits per heavy atom. The standard InChI is InChI=1S/C11H9ClFNO2/c1-7-2-3-9(4-10(7)13)16-11-14-8(5-12)6-15-11/h2-4,6H,5H2,1H3. The molecule has 84 valence electrons. The van der Waals surface area contributed by atoms with E-state index in [2.05, 4.69) is 4.98 Å². The Bertz CT molecular complexity index is 498. The Labute approximate surface area is 96.8 Å². The van der Waals surface area contributed by atoms with E-state index in [-0.39, 0.29) is 17.8 Å². The third-order valence-corrected chi connectivity index (χ3v) is 2.29. The molecule has 0 unspecified atom stereocenters. The Hall–Kier alpha value is -1.55. The van der Waals surface area contributed by atoms with Gasteiger partial charge in [-0.3, -0.25) is 0 Å². The molecule has 0 amide bonds. The second kappa shape index (κ2) is 4.53. The number of aromatic nitrogens is 1. The number of nitrogens with zero attached hydrogens (tertiary/aromatic N) is 1. The fraction of sp³-hybridized carbons (Fsp3) is 0.182. The number of hydrogen-bond acceptors (Lipinski definition) is 3. The second-order valence-electron chi connectivity index (χ2n) is 3.25. The number of halogens is 2. The van der Waals surface area contributed by atoms with Crippen molar-refractivity contribution in [1.29, 1.82) is 0 Å². The van der Waals surface area contributed by atoms with E-state index in [9.17, 15) is 4.39 Å². The molecule has 1 heterocycles. The molecule has 0 radical (unpaired) electrons. The molecule has 1 aromatic carbocycles. The first-order chi connectivity index (χ1) is 7.69. The van der Waals surface area contributed by atoms with Crippen LogP contribution in [0.2, 0.25) is 0 Å². The minimum Gasteiger partial charge on any atom is -0.417 e. The van der Waals surface area contributed by atoms with E-state index < -0.39 is 0 Å². The summed E-state index contributed by atoms with van der Waals surface area (Å²) >= 11 is 5.55. The Morgan fingerprint density at radius 1 is 1.50 bits per heavy atom. The van der Waals surface area contributed by atoms with E-state index in [4.69, 9.17) is 20.8 Å². The molecule has 0 spiro atoms. The van der Waals surface area contributed by atoms with Crippen LogP contribution in [0.15, 0.2) is 28.9 Å². The van der Waals surface area contributed by atoms with Crippen LogP contribution in [0.5, 0.6) is 11.8 Å². The van der Waals surface area contributed by atoms with Crippen LogP contribution in [0.4, 0.5) is 4.39 Å². The maximum atomic E-state index is 13.2. The first kappa shape index (κ1) is 11.0. The molecule has 5 heteroatoms. The molecule has 0 fully saturated rings. The van der Waals surface area contributed by atoms with Gasteiger partial charge in [-0.15, -0.1) is 11.6 Å². The van der Waals surface area contributed by atoms with Crippen molar-refractivity contribution in [3.8, 4) is 11.8 Å². The van der Waals surface area contributed by atoms with E-state index in [1.807, 2.05) is 0 Å². The highest BCUT2D eigenvalue weighted by molar-refractivity contribution is 6.16. The van der Waals surface area contributed by atoms with Crippen molar-refractivity contribution in [2.45, 2.75) is 12.8 Å². The van der Waals surface area contributed by atoms with Crippen LogP contribution < -0.4 is 4.74 Å². The summed E-state index contributed by atoms with van der Waals surface area (Å²) in [4.78, 5) is 3.93. The van der Waals surface area contributed by atoms with Crippen LogP contribution in [-0.4, -0.2) is 4.98 Å². The quantitative estimate of drug-likeness (QED) is 0.770. The molecule has 2 rings (SSSR count). The fourth-order valence-corrected chi connectivity index (χ4v) is 1.26. The van der Waals surface area contributed by atoms with Crippen LogP contribution >= 0.6 is 11.6 Å². The van der Waals surface area contributed by atoms with Crippen LogP contribution in [0.3, 0.4) is 0 Å². The second-order valence-corrected chi connectivity index (χ2v) is 3.52. The molecule has 0 atom stereocenters. The van der Waals surface area contributed by atoms with E-state index >= 15 is 0 Å². The number of hydrogen-bond donors (Lipinski definition) is 0. The fourth-order valence-electron chi connectivity index (χ4n) is 1.13. The van der Waals surface area contributed by atoms with Gasteiger partial charge in [0.05, 0.1) is 11.6 Å². The van der Waals surface area contributed by atoms with Gasteiger partial charge in [-0.2, -0.15) is 4.98 Å². The van der Waals surface area contributed by atoms with Crippen molar-refractivity contribution >= 4 is 11.6 Å². The van der Waals surface area contributed by atoms with E-state index in [0.717, 1.165) is 0 Å². The van der Waals surface area contributed by atoms with Gasteiger partial charge in [-0.05, 0) is 18.6 Å². The van der Waals surface area contributed by atoms with Crippen LogP contribution in [0.25, 0.3) is 0 Å². The largest absolute Gasteiger partial charge is 0.417 e. The zero-order chi connectivity index (χ0) is 11.5. The lowest BCUT2D eigenvalue weighted by Gasteiger charge is -2.01. The molecule has 0 bridgehead atoms. The predicted octanol–water partition coefficient (Wildman–Crippen LogP) is 3.65. The number of oxazole rings is 1. The summed E-state index contributed by atoms with van der Waals surface area (Å²) in [7, 11) is 0. The average Bonchev–Trinajstić information content (AvgIpc) is 2.71. The predicted molar refractivity (Wildman–Crippen MR) is 57.3 cm³/mol. The van der Waals surface area contributed by atoms with Gasteiger partial charge < -0.3 is 9.15 Å². The van der Waals surface area contributed by atoms with Crippen molar-refractivity contribution in [2.75, 3.05) is 0 Å². The van der Waals surface area contributed by atoms with Gasteiger partial charge in [0.15, 0.2) is 0 Å². The molecule has 3 nitrogen and oxygen atoms in total. The van der Waals surface area contributed by atoms with Crippen molar-refractivity contribution in [3.63, 3.8) is 0 Å². The third kappa shape index (κ3) is 2.33. The SMILES string of the molecule is Cc1ccc(Oc2nc(CCl)co2)cc1F. The molecule has 0 aliphatic carbocycles. The monoisotopic (exact) mass is 241 g/mol. The smallest absolute Gasteiger partial charge is 0.399 e. The third-order valence-electron chi connectivity index (χ3n) is 2.02. The first-order valence-corrected chi connectivity index (χ1v) is 5.17. The van der Waals surface area contributed by atoms with Crippen molar-refractivity contribution in [2.24, 2.45) is 0 Å². The molecule has 16 heavy (non-hydrogen) atoms. The van der Waals surface area contributed by atoms with Gasteiger partial charge in [-0.25, -0.2) is 4.39 Å². The maximum Gasteiger partial charge on any atom is 0.399 e. The molecular formula is C11H9ClFNO2. The highest BCUT2D eigenvalue weighted by Crippen LogP contribution is 2.23. The lowest BCUT2D eigenvalue weighted by atomic mass is 10.2. The molecule has 1 aromatic heterocycles. The number of aryl methyl sites for hydroxylation is 1. The summed E-state index contributed by atoms with van der Waals surface area (Å²) in [5.41, 5.74) is 1.13. The molecule has 0 N–H and O–H groups in total. The minimum atomic E-state index is -0.332. The zero-order valence-electron chi connectivity index (χ0n) is 8.54. The summed E-state index contributed by atoms with van der Waals surface area (Å²) < 4.78 is 23.4. The van der Waals surface area contributed by atoms with Gasteiger partial charge in [-0.1, -0.05) is 6.07 Å². The van der Waals surface area contributed by atoms with Crippen molar-refractivity contribution in [3.05, 3.63) is 41.5 Å². The number of benzene rings is 1. The van der Waals surface area contributed by atoms with Crippen LogP contribution in [0, 0.1) is 12.7 Å². The molecule has 0 saturated carbocycles. The van der Waals surface area contributed by atoms with Gasteiger partial charge in [0.2, 0.25) is 0 Å². The van der Waals surface area contributed by atoms with Gasteiger partial charge in [0.1, 0.15) is 17.8 Å². The molecule has 0 aliphatic heterocycles. The zero-order valence-corrected chi connectivity index (χ0v) is 9.29. The maximum absolute atomic E-state index is 13.2. The summed E-state index contributed by atoms with van der Waals surface area (Å²) in [6.07, 6.45) is 1.45.